The Morgan fingerprint density at radius 3 is 2.93 bits per heavy atom. The Hall–Kier alpha value is -3.20. The molecule has 0 saturated carbocycles. The van der Waals surface area contributed by atoms with Gasteiger partial charge in [0.15, 0.2) is 0 Å². The van der Waals surface area contributed by atoms with Gasteiger partial charge in [0.2, 0.25) is 0 Å². The van der Waals surface area contributed by atoms with Gasteiger partial charge in [-0.15, -0.1) is 0 Å². The number of nitrogens with zero attached hydrogens (tertiary/aromatic N) is 4. The van der Waals surface area contributed by atoms with Crippen LogP contribution < -0.4 is 20.8 Å². The smallest absolute Gasteiger partial charge is 0.138 e. The summed E-state index contributed by atoms with van der Waals surface area (Å²) in [6.45, 7) is 1.33. The van der Waals surface area contributed by atoms with E-state index >= 15 is 0 Å². The highest BCUT2D eigenvalue weighted by molar-refractivity contribution is 7.91. The van der Waals surface area contributed by atoms with E-state index in [-0.39, 0.29) is 5.57 Å². The molecule has 1 aliphatic heterocycles. The van der Waals surface area contributed by atoms with Crippen molar-refractivity contribution < 1.29 is 8.94 Å². The Balaban J connectivity index is 1.79. The third-order valence-corrected chi connectivity index (χ3v) is 6.13. The fraction of sp³-hybridized carbons (Fsp3) is 0.250. The van der Waals surface area contributed by atoms with E-state index in [2.05, 4.69) is 36.1 Å². The van der Waals surface area contributed by atoms with Gasteiger partial charge in [-0.25, -0.2) is 14.4 Å². The summed E-state index contributed by atoms with van der Waals surface area (Å²) in [6, 6.07) is 1.83. The Bertz CT molecular complexity index is 1190. The summed E-state index contributed by atoms with van der Waals surface area (Å²) in [5.41, 5.74) is 4.64. The lowest BCUT2D eigenvalue weighted by molar-refractivity contribution is 0.585. The van der Waals surface area contributed by atoms with Crippen molar-refractivity contribution in [3.8, 4) is 11.4 Å². The molecule has 0 atom stereocenters. The third kappa shape index (κ3) is 3.93. The molecular formula is C20H20FN7OS. The van der Waals surface area contributed by atoms with E-state index in [4.69, 9.17) is 5.41 Å². The molecule has 0 radical (unpaired) electrons. The molecule has 1 saturated heterocycles. The fourth-order valence-corrected chi connectivity index (χ4v) is 4.37. The van der Waals surface area contributed by atoms with Gasteiger partial charge in [0.25, 0.3) is 0 Å². The van der Waals surface area contributed by atoms with Gasteiger partial charge < -0.3 is 20.2 Å². The number of aromatic amines is 1. The van der Waals surface area contributed by atoms with Crippen LogP contribution in [0.1, 0.15) is 0 Å². The highest BCUT2D eigenvalue weighted by Gasteiger charge is 2.21. The lowest BCUT2D eigenvalue weighted by Crippen LogP contribution is -2.40. The molecule has 4 rings (SSSR count). The van der Waals surface area contributed by atoms with E-state index in [0.29, 0.717) is 52.1 Å². The highest BCUT2D eigenvalue weighted by Crippen LogP contribution is 2.21. The molecule has 154 valence electrons. The summed E-state index contributed by atoms with van der Waals surface area (Å²) < 4.78 is 26.3. The highest BCUT2D eigenvalue weighted by atomic mass is 32.2. The molecule has 0 amide bonds. The van der Waals surface area contributed by atoms with Crippen LogP contribution in [0.2, 0.25) is 0 Å². The quantitative estimate of drug-likeness (QED) is 0.464. The summed E-state index contributed by atoms with van der Waals surface area (Å²) in [5, 5.41) is 18.8. The van der Waals surface area contributed by atoms with Crippen molar-refractivity contribution in [1.82, 2.24) is 25.5 Å². The average molecular weight is 425 g/mol. The Morgan fingerprint density at radius 1 is 1.40 bits per heavy atom. The summed E-state index contributed by atoms with van der Waals surface area (Å²) in [6.07, 6.45) is 6.98. The maximum Gasteiger partial charge on any atom is 0.138 e. The average Bonchev–Trinajstić information content (AvgIpc) is 3.10. The van der Waals surface area contributed by atoms with E-state index in [1.807, 2.05) is 6.07 Å². The van der Waals surface area contributed by atoms with Crippen molar-refractivity contribution in [2.45, 2.75) is 0 Å². The van der Waals surface area contributed by atoms with Crippen molar-refractivity contribution in [3.05, 3.63) is 52.2 Å². The molecule has 0 unspecified atom stereocenters. The second kappa shape index (κ2) is 8.66. The molecule has 2 aromatic heterocycles. The monoisotopic (exact) mass is 425 g/mol. The van der Waals surface area contributed by atoms with Crippen molar-refractivity contribution in [3.63, 3.8) is 0 Å². The molecule has 1 aliphatic carbocycles. The van der Waals surface area contributed by atoms with E-state index in [0.717, 1.165) is 12.0 Å². The van der Waals surface area contributed by atoms with E-state index in [1.165, 1.54) is 12.4 Å². The third-order valence-electron chi connectivity index (χ3n) is 4.86. The number of allylic oxidation sites excluding steroid dienone is 4. The summed E-state index contributed by atoms with van der Waals surface area (Å²) in [7, 11) is 1.69. The normalized spacial score (nSPS) is 17.2. The van der Waals surface area contributed by atoms with Crippen molar-refractivity contribution in [2.24, 2.45) is 0 Å². The number of H-pyrrole nitrogens is 1. The van der Waals surface area contributed by atoms with Crippen LogP contribution in [0.4, 0.5) is 10.2 Å². The van der Waals surface area contributed by atoms with Crippen LogP contribution in [0, 0.1) is 5.41 Å². The van der Waals surface area contributed by atoms with Crippen LogP contribution in [-0.4, -0.2) is 62.6 Å². The van der Waals surface area contributed by atoms with Gasteiger partial charge in [-0.3, -0.25) is 5.10 Å². The van der Waals surface area contributed by atoms with E-state index in [1.54, 1.807) is 19.3 Å². The Morgan fingerprint density at radius 2 is 2.20 bits per heavy atom. The van der Waals surface area contributed by atoms with Crippen LogP contribution in [0.15, 0.2) is 41.6 Å². The molecule has 1 fully saturated rings. The number of nitrogens with one attached hydrogen (secondary N) is 3. The largest absolute Gasteiger partial charge is 0.616 e. The first-order valence-corrected chi connectivity index (χ1v) is 10.8. The van der Waals surface area contributed by atoms with Crippen molar-refractivity contribution >= 4 is 35.0 Å². The predicted octanol–water partition coefficient (Wildman–Crippen LogP) is 0.142. The lowest BCUT2D eigenvalue weighted by atomic mass is 10.1. The first kappa shape index (κ1) is 20.1. The van der Waals surface area contributed by atoms with Gasteiger partial charge in [-0.2, -0.15) is 5.10 Å². The van der Waals surface area contributed by atoms with Gasteiger partial charge in [0.05, 0.1) is 18.8 Å². The molecular weight excluding hydrogens is 405 g/mol. The van der Waals surface area contributed by atoms with Crippen LogP contribution in [-0.2, 0) is 11.2 Å². The number of aromatic nitrogens is 4. The zero-order chi connectivity index (χ0) is 21.1. The van der Waals surface area contributed by atoms with Crippen LogP contribution in [0.25, 0.3) is 23.2 Å². The first-order valence-electron chi connectivity index (χ1n) is 9.34. The van der Waals surface area contributed by atoms with E-state index < -0.39 is 17.0 Å². The molecule has 0 spiro atoms. The summed E-state index contributed by atoms with van der Waals surface area (Å²) >= 11 is -0.777. The van der Waals surface area contributed by atoms with Crippen LogP contribution in [0.5, 0.6) is 0 Å². The van der Waals surface area contributed by atoms with Gasteiger partial charge >= 0.3 is 0 Å². The maximum absolute atomic E-state index is 14.7. The van der Waals surface area contributed by atoms with Crippen molar-refractivity contribution in [2.75, 3.05) is 36.5 Å². The topological polar surface area (TPSA) is 117 Å². The molecule has 3 N–H and O–H groups in total. The number of fused-ring (bicyclic) bond motifs is 1. The lowest BCUT2D eigenvalue weighted by Gasteiger charge is -2.28. The number of rotatable bonds is 5. The van der Waals surface area contributed by atoms with Gasteiger partial charge in [-0.05, 0) is 6.08 Å². The zero-order valence-corrected chi connectivity index (χ0v) is 17.1. The maximum atomic E-state index is 14.7. The number of hydrogen-bond donors (Lipinski definition) is 3. The minimum atomic E-state index is -0.777. The molecule has 30 heavy (non-hydrogen) atoms. The minimum absolute atomic E-state index is 0.251. The van der Waals surface area contributed by atoms with Crippen LogP contribution in [0.3, 0.4) is 0 Å². The predicted molar refractivity (Wildman–Crippen MR) is 115 cm³/mol. The molecule has 0 aromatic carbocycles. The molecule has 0 bridgehead atoms. The zero-order valence-electron chi connectivity index (χ0n) is 16.3. The Kier molecular flexibility index (Phi) is 5.80. The molecule has 3 heterocycles. The molecule has 10 heteroatoms. The Labute approximate surface area is 175 Å². The first-order chi connectivity index (χ1) is 14.6. The minimum Gasteiger partial charge on any atom is -0.616 e. The number of hydrogen-bond acceptors (Lipinski definition) is 7. The van der Waals surface area contributed by atoms with Gasteiger partial charge in [0.1, 0.15) is 40.5 Å². The van der Waals surface area contributed by atoms with Gasteiger partial charge in [0, 0.05) is 48.0 Å². The second-order valence-corrected chi connectivity index (χ2v) is 8.38. The summed E-state index contributed by atoms with van der Waals surface area (Å²) in [4.78, 5) is 10.8. The fourth-order valence-electron chi connectivity index (χ4n) is 3.31. The van der Waals surface area contributed by atoms with E-state index in [9.17, 15) is 8.94 Å². The second-order valence-electron chi connectivity index (χ2n) is 6.68. The number of anilines is 1. The summed E-state index contributed by atoms with van der Waals surface area (Å²) in [5.74, 6) is 1.46. The molecule has 2 aliphatic rings. The van der Waals surface area contributed by atoms with Crippen molar-refractivity contribution in [1.29, 1.82) is 5.41 Å². The SMILES string of the molecule is CN/C=C(\C=N)C1=C(F)C=C=c2[nH]nc(-c3cc(N4CC[S+]([O-])CC4)ncn3)c2=C1. The number of halogens is 1. The molecule has 2 aromatic rings. The molecule has 8 nitrogen and oxygen atoms in total. The standard InChI is InChI=1S/C20H20FN7OS/c1-23-11-13(10-22)14-8-15-17(3-2-16(14)21)26-27-20(15)18-9-19(25-12-24-18)28-4-6-30(29)7-5-28/h2,8-12,22-23,26H,4-7H2,1H3/b13-11+,22-10?. The van der Waals surface area contributed by atoms with Crippen LogP contribution >= 0.6 is 0 Å². The van der Waals surface area contributed by atoms with Gasteiger partial charge in [-0.1, -0.05) is 16.9 Å².